The van der Waals surface area contributed by atoms with Gasteiger partial charge >= 0.3 is 0 Å². The fourth-order valence-corrected chi connectivity index (χ4v) is 2.03. The molecule has 15 heavy (non-hydrogen) atoms. The number of halogens is 4. The molecule has 84 valence electrons. The van der Waals surface area contributed by atoms with E-state index >= 15 is 0 Å². The average Bonchev–Trinajstić information content (AvgIpc) is 2.06. The molecule has 0 radical (unpaired) electrons. The second kappa shape index (κ2) is 4.07. The summed E-state index contributed by atoms with van der Waals surface area (Å²) >= 11 is 5.25. The lowest BCUT2D eigenvalue weighted by atomic mass is 10.2. The first-order chi connectivity index (χ1) is 6.75. The summed E-state index contributed by atoms with van der Waals surface area (Å²) in [4.78, 5) is 2.25. The molecule has 0 spiro atoms. The highest BCUT2D eigenvalue weighted by atomic mass is 35.7. The van der Waals surface area contributed by atoms with Crippen LogP contribution in [0.5, 0.6) is 5.75 Å². The second-order valence-corrected chi connectivity index (χ2v) is 5.31. The summed E-state index contributed by atoms with van der Waals surface area (Å²) in [5, 5.41) is 8.50. The highest BCUT2D eigenvalue weighted by molar-refractivity contribution is 8.13. The van der Waals surface area contributed by atoms with Crippen LogP contribution < -0.4 is 0 Å². The van der Waals surface area contributed by atoms with Crippen molar-refractivity contribution in [2.24, 2.45) is 0 Å². The molecular formula is C6H3Cl2F2NO3S. The van der Waals surface area contributed by atoms with E-state index < -0.39 is 36.8 Å². The molecule has 1 heterocycles. The average molecular weight is 278 g/mol. The summed E-state index contributed by atoms with van der Waals surface area (Å²) in [6, 6.07) is 0. The predicted octanol–water partition coefficient (Wildman–Crippen LogP) is 2.31. The van der Waals surface area contributed by atoms with Gasteiger partial charge in [-0.2, -0.15) is 0 Å². The largest absolute Gasteiger partial charge is 0.504 e. The minimum absolute atomic E-state index is 0.561. The second-order valence-electron chi connectivity index (χ2n) is 2.41. The quantitative estimate of drug-likeness (QED) is 0.665. The minimum Gasteiger partial charge on any atom is -0.504 e. The van der Waals surface area contributed by atoms with E-state index in [1.54, 1.807) is 0 Å². The third-order valence-electron chi connectivity index (χ3n) is 1.49. The Balaban J connectivity index is 3.62. The molecule has 0 aliphatic carbocycles. The molecule has 0 aliphatic rings. The normalized spacial score (nSPS) is 12.1. The van der Waals surface area contributed by atoms with Crippen molar-refractivity contribution in [1.29, 1.82) is 0 Å². The van der Waals surface area contributed by atoms with Gasteiger partial charge in [0.2, 0.25) is 0 Å². The van der Waals surface area contributed by atoms with Crippen LogP contribution in [-0.2, 0) is 9.05 Å². The molecule has 0 aromatic carbocycles. The van der Waals surface area contributed by atoms with Crippen LogP contribution in [0.4, 0.5) is 8.78 Å². The molecule has 9 heteroatoms. The van der Waals surface area contributed by atoms with E-state index in [-0.39, 0.29) is 0 Å². The van der Waals surface area contributed by atoms with Gasteiger partial charge in [0.1, 0.15) is 4.90 Å². The molecule has 0 amide bonds. The van der Waals surface area contributed by atoms with E-state index in [4.69, 9.17) is 27.4 Å². The zero-order valence-corrected chi connectivity index (χ0v) is 9.11. The van der Waals surface area contributed by atoms with Crippen LogP contribution in [0, 0.1) is 0 Å². The maximum Gasteiger partial charge on any atom is 0.268 e. The number of hydrogen-bond acceptors (Lipinski definition) is 4. The van der Waals surface area contributed by atoms with Crippen molar-refractivity contribution in [2.75, 3.05) is 0 Å². The zero-order valence-electron chi connectivity index (χ0n) is 6.79. The van der Waals surface area contributed by atoms with Crippen LogP contribution in [-0.4, -0.2) is 18.5 Å². The molecule has 0 aliphatic heterocycles. The summed E-state index contributed by atoms with van der Waals surface area (Å²) in [6.07, 6.45) is -2.67. The van der Waals surface area contributed by atoms with Gasteiger partial charge in [-0.3, -0.25) is 0 Å². The Bertz CT molecular complexity index is 491. The van der Waals surface area contributed by atoms with Gasteiger partial charge in [0.05, 0.1) is 5.56 Å². The van der Waals surface area contributed by atoms with Gasteiger partial charge in [-0.1, -0.05) is 11.6 Å². The van der Waals surface area contributed by atoms with Crippen molar-refractivity contribution in [3.05, 3.63) is 16.9 Å². The molecule has 0 bridgehead atoms. The lowest BCUT2D eigenvalue weighted by molar-refractivity contribution is 0.143. The lowest BCUT2D eigenvalue weighted by Crippen LogP contribution is -2.01. The molecule has 1 aromatic rings. The molecule has 1 rings (SSSR count). The Kier molecular flexibility index (Phi) is 3.37. The highest BCUT2D eigenvalue weighted by Crippen LogP contribution is 2.38. The zero-order chi connectivity index (χ0) is 11.8. The molecule has 0 saturated carbocycles. The summed E-state index contributed by atoms with van der Waals surface area (Å²) in [5.74, 6) is -1.09. The first kappa shape index (κ1) is 12.4. The Morgan fingerprint density at radius 2 is 2.00 bits per heavy atom. The molecular weight excluding hydrogens is 275 g/mol. The molecule has 4 nitrogen and oxygen atoms in total. The van der Waals surface area contributed by atoms with E-state index in [0.717, 1.165) is 0 Å². The van der Waals surface area contributed by atoms with Crippen molar-refractivity contribution in [1.82, 2.24) is 4.98 Å². The molecule has 0 saturated heterocycles. The monoisotopic (exact) mass is 277 g/mol. The number of alkyl halides is 2. The predicted molar refractivity (Wildman–Crippen MR) is 48.9 cm³/mol. The van der Waals surface area contributed by atoms with Crippen molar-refractivity contribution in [3.63, 3.8) is 0 Å². The summed E-state index contributed by atoms with van der Waals surface area (Å²) < 4.78 is 46.6. The number of aromatic nitrogens is 1. The minimum atomic E-state index is -4.41. The maximum absolute atomic E-state index is 12.4. The number of aromatic hydroxyl groups is 1. The number of nitrogens with zero attached hydrogens (tertiary/aromatic N) is 1. The molecule has 0 atom stereocenters. The van der Waals surface area contributed by atoms with Crippen LogP contribution >= 0.6 is 22.3 Å². The molecule has 0 unspecified atom stereocenters. The summed E-state index contributed by atoms with van der Waals surface area (Å²) in [6.45, 7) is 0. The van der Waals surface area contributed by atoms with Gasteiger partial charge in [-0.25, -0.2) is 22.2 Å². The molecule has 1 aromatic heterocycles. The van der Waals surface area contributed by atoms with E-state index in [2.05, 4.69) is 4.98 Å². The van der Waals surface area contributed by atoms with Crippen molar-refractivity contribution in [2.45, 2.75) is 11.3 Å². The standard InChI is InChI=1S/C6H3Cl2F2NO3S/c7-5-4(12)3(6(9)10)2(1-11-5)15(8,13)14/h1,6,12H. The van der Waals surface area contributed by atoms with Gasteiger partial charge in [0.25, 0.3) is 15.5 Å². The van der Waals surface area contributed by atoms with Crippen molar-refractivity contribution in [3.8, 4) is 5.75 Å². The van der Waals surface area contributed by atoms with Crippen LogP contribution in [0.25, 0.3) is 0 Å². The third kappa shape index (κ3) is 2.47. The Labute approximate surface area is 92.9 Å². The fraction of sp³-hybridized carbons (Fsp3) is 0.167. The Morgan fingerprint density at radius 1 is 1.47 bits per heavy atom. The van der Waals surface area contributed by atoms with Crippen LogP contribution in [0.15, 0.2) is 11.1 Å². The topological polar surface area (TPSA) is 67.3 Å². The fourth-order valence-electron chi connectivity index (χ4n) is 0.879. The van der Waals surface area contributed by atoms with Gasteiger partial charge < -0.3 is 5.11 Å². The summed E-state index contributed by atoms with van der Waals surface area (Å²) in [5.41, 5.74) is -1.15. The van der Waals surface area contributed by atoms with E-state index in [1.165, 1.54) is 0 Å². The van der Waals surface area contributed by atoms with Crippen LogP contribution in [0.1, 0.15) is 12.0 Å². The van der Waals surface area contributed by atoms with Crippen molar-refractivity contribution >= 4 is 31.3 Å². The molecule has 0 fully saturated rings. The van der Waals surface area contributed by atoms with E-state index in [9.17, 15) is 17.2 Å². The Morgan fingerprint density at radius 3 is 2.40 bits per heavy atom. The van der Waals surface area contributed by atoms with Crippen molar-refractivity contribution < 1.29 is 22.3 Å². The van der Waals surface area contributed by atoms with Crippen LogP contribution in [0.2, 0.25) is 5.15 Å². The number of hydrogen-bond donors (Lipinski definition) is 1. The number of pyridine rings is 1. The van der Waals surface area contributed by atoms with Crippen LogP contribution in [0.3, 0.4) is 0 Å². The third-order valence-corrected chi connectivity index (χ3v) is 3.12. The smallest absolute Gasteiger partial charge is 0.268 e. The highest BCUT2D eigenvalue weighted by Gasteiger charge is 2.27. The Hall–Kier alpha value is -0.660. The summed E-state index contributed by atoms with van der Waals surface area (Å²) in [7, 11) is 0.470. The van der Waals surface area contributed by atoms with Gasteiger partial charge in [-0.05, 0) is 0 Å². The van der Waals surface area contributed by atoms with Gasteiger partial charge in [-0.15, -0.1) is 0 Å². The first-order valence-corrected chi connectivity index (χ1v) is 6.04. The SMILES string of the molecule is O=S(=O)(Cl)c1cnc(Cl)c(O)c1C(F)F. The van der Waals surface area contributed by atoms with Gasteiger partial charge in [0, 0.05) is 16.9 Å². The molecule has 1 N–H and O–H groups in total. The van der Waals surface area contributed by atoms with E-state index in [1.807, 2.05) is 0 Å². The first-order valence-electron chi connectivity index (χ1n) is 3.35. The van der Waals surface area contributed by atoms with E-state index in [0.29, 0.717) is 6.20 Å². The lowest BCUT2D eigenvalue weighted by Gasteiger charge is -2.08. The maximum atomic E-state index is 12.4. The number of rotatable bonds is 2. The van der Waals surface area contributed by atoms with Gasteiger partial charge in [0.15, 0.2) is 10.9 Å².